The third-order valence-corrected chi connectivity index (χ3v) is 3.66. The summed E-state index contributed by atoms with van der Waals surface area (Å²) >= 11 is 0. The molecule has 3 amide bonds. The van der Waals surface area contributed by atoms with E-state index in [4.69, 9.17) is 4.74 Å². The Morgan fingerprint density at radius 2 is 2.17 bits per heavy atom. The van der Waals surface area contributed by atoms with Crippen molar-refractivity contribution in [3.8, 4) is 0 Å². The van der Waals surface area contributed by atoms with Gasteiger partial charge in [0.05, 0.1) is 0 Å². The summed E-state index contributed by atoms with van der Waals surface area (Å²) in [5.74, 6) is -1.25. The molecule has 1 saturated heterocycles. The summed E-state index contributed by atoms with van der Waals surface area (Å²) in [7, 11) is 0. The summed E-state index contributed by atoms with van der Waals surface area (Å²) in [5.41, 5.74) is 1.66. The lowest BCUT2D eigenvalue weighted by Crippen LogP contribution is -2.41. The number of aryl methyl sites for hydroxylation is 1. The number of ether oxygens (including phenoxy) is 1. The van der Waals surface area contributed by atoms with Crippen LogP contribution in [-0.4, -0.2) is 51.4 Å². The fraction of sp³-hybridized carbons (Fsp3) is 0.333. The average Bonchev–Trinajstić information content (AvgIpc) is 3.13. The van der Waals surface area contributed by atoms with E-state index in [9.17, 15) is 14.4 Å². The maximum absolute atomic E-state index is 12.2. The van der Waals surface area contributed by atoms with Crippen LogP contribution in [0, 0.1) is 6.92 Å². The molecule has 1 aliphatic heterocycles. The van der Waals surface area contributed by atoms with Crippen LogP contribution < -0.4 is 5.32 Å². The van der Waals surface area contributed by atoms with Gasteiger partial charge in [-0.1, -0.05) is 6.07 Å². The molecule has 0 radical (unpaired) electrons. The van der Waals surface area contributed by atoms with E-state index in [0.29, 0.717) is 12.2 Å². The third kappa shape index (κ3) is 2.75. The normalized spacial score (nSPS) is 15.6. The van der Waals surface area contributed by atoms with Gasteiger partial charge in [0.2, 0.25) is 0 Å². The Balaban J connectivity index is 1.73. The van der Waals surface area contributed by atoms with Crippen LogP contribution >= 0.6 is 0 Å². The smallest absolute Gasteiger partial charge is 0.359 e. The summed E-state index contributed by atoms with van der Waals surface area (Å²) in [5, 5.41) is 2.52. The first-order valence-corrected chi connectivity index (χ1v) is 7.22. The number of aromatic nitrogens is 2. The quantitative estimate of drug-likeness (QED) is 0.843. The van der Waals surface area contributed by atoms with Gasteiger partial charge in [-0.25, -0.2) is 14.6 Å². The van der Waals surface area contributed by atoms with Gasteiger partial charge in [-0.15, -0.1) is 0 Å². The molecule has 8 nitrogen and oxygen atoms in total. The lowest BCUT2D eigenvalue weighted by molar-refractivity contribution is -0.136. The number of pyridine rings is 1. The molecule has 0 aromatic carbocycles. The first-order chi connectivity index (χ1) is 11.0. The summed E-state index contributed by atoms with van der Waals surface area (Å²) in [6, 6.07) is 5.03. The minimum Gasteiger partial charge on any atom is -0.448 e. The minimum absolute atomic E-state index is 0.116. The van der Waals surface area contributed by atoms with E-state index in [1.807, 2.05) is 19.1 Å². The van der Waals surface area contributed by atoms with Crippen LogP contribution in [0.4, 0.5) is 4.79 Å². The van der Waals surface area contributed by atoms with Crippen molar-refractivity contribution in [1.29, 1.82) is 0 Å². The SMILES string of the molecule is Cc1cccc2nc(C(=O)O[C@H](C)C(=O)N3CCNC3=O)cn12. The average molecular weight is 316 g/mol. The number of amides is 3. The van der Waals surface area contributed by atoms with Gasteiger partial charge in [0.1, 0.15) is 5.65 Å². The van der Waals surface area contributed by atoms with Crippen LogP contribution in [0.5, 0.6) is 0 Å². The molecule has 23 heavy (non-hydrogen) atoms. The number of nitrogens with zero attached hydrogens (tertiary/aromatic N) is 3. The number of urea groups is 1. The van der Waals surface area contributed by atoms with Crippen molar-refractivity contribution < 1.29 is 19.1 Å². The second-order valence-corrected chi connectivity index (χ2v) is 5.29. The molecule has 0 unspecified atom stereocenters. The molecule has 120 valence electrons. The second-order valence-electron chi connectivity index (χ2n) is 5.29. The van der Waals surface area contributed by atoms with Gasteiger partial charge in [-0.05, 0) is 26.0 Å². The highest BCUT2D eigenvalue weighted by molar-refractivity contribution is 5.99. The molecule has 0 saturated carbocycles. The number of nitrogens with one attached hydrogen (secondary N) is 1. The topological polar surface area (TPSA) is 93.0 Å². The number of imidazole rings is 1. The van der Waals surface area contributed by atoms with E-state index in [1.54, 1.807) is 16.7 Å². The first-order valence-electron chi connectivity index (χ1n) is 7.22. The zero-order valence-electron chi connectivity index (χ0n) is 12.8. The summed E-state index contributed by atoms with van der Waals surface area (Å²) in [6.07, 6.45) is 0.504. The highest BCUT2D eigenvalue weighted by atomic mass is 16.5. The Morgan fingerprint density at radius 3 is 2.83 bits per heavy atom. The molecule has 1 aliphatic rings. The molecule has 1 N–H and O–H groups in total. The first kappa shape index (κ1) is 15.0. The van der Waals surface area contributed by atoms with Gasteiger partial charge < -0.3 is 14.5 Å². The molecule has 2 aromatic rings. The number of carbonyl (C=O) groups is 3. The monoisotopic (exact) mass is 316 g/mol. The van der Waals surface area contributed by atoms with Crippen LogP contribution in [-0.2, 0) is 9.53 Å². The van der Waals surface area contributed by atoms with E-state index in [1.165, 1.54) is 6.92 Å². The molecule has 3 heterocycles. The van der Waals surface area contributed by atoms with Gasteiger partial charge in [0.25, 0.3) is 5.91 Å². The Labute approximate surface area is 132 Å². The Morgan fingerprint density at radius 1 is 1.39 bits per heavy atom. The molecule has 1 fully saturated rings. The molecule has 1 atom stereocenters. The number of imide groups is 1. The summed E-state index contributed by atoms with van der Waals surface area (Å²) < 4.78 is 6.90. The fourth-order valence-electron chi connectivity index (χ4n) is 2.42. The van der Waals surface area contributed by atoms with Crippen molar-refractivity contribution in [2.75, 3.05) is 13.1 Å². The predicted octanol–water partition coefficient (Wildman–Crippen LogP) is 0.740. The van der Waals surface area contributed by atoms with Gasteiger partial charge in [-0.2, -0.15) is 0 Å². The zero-order valence-corrected chi connectivity index (χ0v) is 12.8. The number of rotatable bonds is 3. The van der Waals surface area contributed by atoms with Gasteiger partial charge in [0, 0.05) is 25.0 Å². The van der Waals surface area contributed by atoms with E-state index >= 15 is 0 Å². The van der Waals surface area contributed by atoms with Crippen molar-refractivity contribution in [2.45, 2.75) is 20.0 Å². The minimum atomic E-state index is -1.06. The summed E-state index contributed by atoms with van der Waals surface area (Å²) in [4.78, 5) is 41.0. The molecule has 0 bridgehead atoms. The number of hydrogen-bond donors (Lipinski definition) is 1. The van der Waals surface area contributed by atoms with E-state index in [2.05, 4.69) is 10.3 Å². The molecule has 3 rings (SSSR count). The van der Waals surface area contributed by atoms with Crippen LogP contribution in [0.25, 0.3) is 5.65 Å². The van der Waals surface area contributed by atoms with Crippen LogP contribution in [0.15, 0.2) is 24.4 Å². The molecule has 2 aromatic heterocycles. The van der Waals surface area contributed by atoms with Gasteiger partial charge in [-0.3, -0.25) is 9.69 Å². The maximum Gasteiger partial charge on any atom is 0.359 e. The number of carbonyl (C=O) groups excluding carboxylic acids is 3. The molecular weight excluding hydrogens is 300 g/mol. The van der Waals surface area contributed by atoms with Gasteiger partial charge >= 0.3 is 12.0 Å². The number of fused-ring (bicyclic) bond motifs is 1. The molecule has 0 spiro atoms. The molecule has 0 aliphatic carbocycles. The highest BCUT2D eigenvalue weighted by Gasteiger charge is 2.32. The summed E-state index contributed by atoms with van der Waals surface area (Å²) in [6.45, 7) is 4.00. The van der Waals surface area contributed by atoms with Crippen molar-refractivity contribution in [3.63, 3.8) is 0 Å². The van der Waals surface area contributed by atoms with Crippen molar-refractivity contribution >= 4 is 23.6 Å². The van der Waals surface area contributed by atoms with Crippen LogP contribution in [0.2, 0.25) is 0 Å². The Hall–Kier alpha value is -2.90. The lowest BCUT2D eigenvalue weighted by Gasteiger charge is -2.17. The zero-order chi connectivity index (χ0) is 16.6. The van der Waals surface area contributed by atoms with Crippen LogP contribution in [0.1, 0.15) is 23.1 Å². The predicted molar refractivity (Wildman–Crippen MR) is 79.9 cm³/mol. The van der Waals surface area contributed by atoms with Gasteiger partial charge in [0.15, 0.2) is 11.8 Å². The molecule has 8 heteroatoms. The number of esters is 1. The lowest BCUT2D eigenvalue weighted by atomic mass is 10.3. The highest BCUT2D eigenvalue weighted by Crippen LogP contribution is 2.11. The van der Waals surface area contributed by atoms with Crippen molar-refractivity contribution in [1.82, 2.24) is 19.6 Å². The van der Waals surface area contributed by atoms with E-state index in [0.717, 1.165) is 10.6 Å². The number of hydrogen-bond acceptors (Lipinski definition) is 5. The third-order valence-electron chi connectivity index (χ3n) is 3.66. The second kappa shape index (κ2) is 5.71. The molecular formula is C15H16N4O4. The maximum atomic E-state index is 12.2. The van der Waals surface area contributed by atoms with Crippen molar-refractivity contribution in [2.24, 2.45) is 0 Å². The standard InChI is InChI=1S/C15H16N4O4/c1-9-4-3-5-12-17-11(8-19(9)12)14(21)23-10(2)13(20)18-7-6-16-15(18)22/h3-5,8,10H,6-7H2,1-2H3,(H,16,22)/t10-/m1/s1. The Bertz CT molecular complexity index is 798. The Kier molecular flexibility index (Phi) is 3.73. The largest absolute Gasteiger partial charge is 0.448 e. The van der Waals surface area contributed by atoms with Crippen LogP contribution in [0.3, 0.4) is 0 Å². The van der Waals surface area contributed by atoms with E-state index < -0.39 is 24.0 Å². The van der Waals surface area contributed by atoms with Crippen molar-refractivity contribution in [3.05, 3.63) is 35.8 Å². The van der Waals surface area contributed by atoms with E-state index in [-0.39, 0.29) is 12.2 Å². The fourth-order valence-corrected chi connectivity index (χ4v) is 2.42.